The van der Waals surface area contributed by atoms with E-state index in [-0.39, 0.29) is 5.60 Å². The molecule has 0 atom stereocenters. The molecule has 3 rings (SSSR count). The van der Waals surface area contributed by atoms with Crippen LogP contribution in [0.4, 0.5) is 0 Å². The molecule has 2 fully saturated rings. The average Bonchev–Trinajstić information content (AvgIpc) is 3.02. The van der Waals surface area contributed by atoms with Gasteiger partial charge in [-0.25, -0.2) is 0 Å². The summed E-state index contributed by atoms with van der Waals surface area (Å²) >= 11 is 0. The number of aromatic nitrogens is 2. The van der Waals surface area contributed by atoms with Gasteiger partial charge in [-0.3, -0.25) is 5.10 Å². The van der Waals surface area contributed by atoms with Crippen LogP contribution in [0.15, 0.2) is 6.20 Å². The molecule has 0 aromatic carbocycles. The number of nitrogens with one attached hydrogen (secondary N) is 2. The molecular formula is C18H32N4O. The lowest BCUT2D eigenvalue weighted by molar-refractivity contribution is -0.102. The van der Waals surface area contributed by atoms with Crippen LogP contribution in [0, 0.1) is 0 Å². The normalized spacial score (nSPS) is 28.6. The van der Waals surface area contributed by atoms with Gasteiger partial charge in [-0.05, 0) is 59.0 Å². The number of rotatable bonds is 6. The van der Waals surface area contributed by atoms with E-state index in [9.17, 15) is 0 Å². The zero-order valence-corrected chi connectivity index (χ0v) is 14.7. The summed E-state index contributed by atoms with van der Waals surface area (Å²) in [5.74, 6) is 0.602. The number of aromatic amines is 1. The van der Waals surface area contributed by atoms with Crippen molar-refractivity contribution in [2.24, 2.45) is 0 Å². The molecule has 5 nitrogen and oxygen atoms in total. The van der Waals surface area contributed by atoms with E-state index in [4.69, 9.17) is 4.74 Å². The highest BCUT2D eigenvalue weighted by molar-refractivity contribution is 5.21. The first-order valence-corrected chi connectivity index (χ1v) is 9.22. The van der Waals surface area contributed by atoms with Gasteiger partial charge in [0.2, 0.25) is 0 Å². The lowest BCUT2D eigenvalue weighted by atomic mass is 9.74. The first kappa shape index (κ1) is 16.9. The van der Waals surface area contributed by atoms with Gasteiger partial charge in [0.1, 0.15) is 0 Å². The summed E-state index contributed by atoms with van der Waals surface area (Å²) in [6.07, 6.45) is 10.8. The summed E-state index contributed by atoms with van der Waals surface area (Å²) < 4.78 is 6.17. The Morgan fingerprint density at radius 3 is 2.87 bits per heavy atom. The van der Waals surface area contributed by atoms with Gasteiger partial charge in [0, 0.05) is 43.9 Å². The minimum absolute atomic E-state index is 0.203. The summed E-state index contributed by atoms with van der Waals surface area (Å²) in [5, 5.41) is 10.9. The van der Waals surface area contributed by atoms with E-state index in [0.717, 1.165) is 26.2 Å². The second-order valence-corrected chi connectivity index (χ2v) is 7.40. The van der Waals surface area contributed by atoms with Gasteiger partial charge in [-0.2, -0.15) is 5.10 Å². The molecule has 1 aromatic rings. The summed E-state index contributed by atoms with van der Waals surface area (Å²) in [6.45, 7) is 4.02. The molecule has 1 aliphatic carbocycles. The molecule has 0 unspecified atom stereocenters. The lowest BCUT2D eigenvalue weighted by Gasteiger charge is -2.42. The summed E-state index contributed by atoms with van der Waals surface area (Å²) in [6, 6.07) is 0. The van der Waals surface area contributed by atoms with Crippen LogP contribution in [0.25, 0.3) is 0 Å². The maximum atomic E-state index is 6.17. The van der Waals surface area contributed by atoms with Crippen molar-refractivity contribution in [3.05, 3.63) is 17.5 Å². The Morgan fingerprint density at radius 2 is 2.17 bits per heavy atom. The number of ether oxygens (including phenoxy) is 1. The average molecular weight is 320 g/mol. The van der Waals surface area contributed by atoms with Gasteiger partial charge in [-0.1, -0.05) is 0 Å². The van der Waals surface area contributed by atoms with Crippen molar-refractivity contribution in [1.82, 2.24) is 20.4 Å². The maximum absolute atomic E-state index is 6.17. The van der Waals surface area contributed by atoms with Crippen molar-refractivity contribution in [3.8, 4) is 0 Å². The Morgan fingerprint density at radius 1 is 1.35 bits per heavy atom. The Kier molecular flexibility index (Phi) is 5.72. The SMILES string of the molecule is CNCCN(C)Cc1c[nH]nc1[C@H]1CC[C@]2(CCCCO2)CC1. The van der Waals surface area contributed by atoms with Gasteiger partial charge in [0.15, 0.2) is 0 Å². The van der Waals surface area contributed by atoms with Crippen LogP contribution in [0.3, 0.4) is 0 Å². The topological polar surface area (TPSA) is 53.2 Å². The van der Waals surface area contributed by atoms with E-state index in [2.05, 4.69) is 33.7 Å². The Balaban J connectivity index is 1.57. The van der Waals surface area contributed by atoms with Crippen LogP contribution >= 0.6 is 0 Å². The molecule has 0 bridgehead atoms. The number of hydrogen-bond acceptors (Lipinski definition) is 4. The molecule has 2 aliphatic rings. The largest absolute Gasteiger partial charge is 0.375 e. The third-order valence-corrected chi connectivity index (χ3v) is 5.66. The van der Waals surface area contributed by atoms with E-state index < -0.39 is 0 Å². The molecule has 1 aromatic heterocycles. The van der Waals surface area contributed by atoms with Gasteiger partial charge in [0.25, 0.3) is 0 Å². The zero-order valence-electron chi connectivity index (χ0n) is 14.7. The van der Waals surface area contributed by atoms with Gasteiger partial charge < -0.3 is 15.0 Å². The van der Waals surface area contributed by atoms with Crippen molar-refractivity contribution >= 4 is 0 Å². The number of H-pyrrole nitrogens is 1. The van der Waals surface area contributed by atoms with E-state index >= 15 is 0 Å². The smallest absolute Gasteiger partial charge is 0.0697 e. The molecular weight excluding hydrogens is 288 g/mol. The van der Waals surface area contributed by atoms with Crippen LogP contribution in [-0.4, -0.2) is 54.5 Å². The summed E-state index contributed by atoms with van der Waals surface area (Å²) in [4.78, 5) is 2.36. The molecule has 0 radical (unpaired) electrons. The molecule has 0 amide bonds. The molecule has 130 valence electrons. The molecule has 1 saturated heterocycles. The maximum Gasteiger partial charge on any atom is 0.0697 e. The molecule has 1 spiro atoms. The third kappa shape index (κ3) is 4.14. The molecule has 1 saturated carbocycles. The molecule has 23 heavy (non-hydrogen) atoms. The number of nitrogens with zero attached hydrogens (tertiary/aromatic N) is 2. The monoisotopic (exact) mass is 320 g/mol. The van der Waals surface area contributed by atoms with Crippen LogP contribution in [-0.2, 0) is 11.3 Å². The molecule has 1 aliphatic heterocycles. The van der Waals surface area contributed by atoms with Crippen LogP contribution in [0.1, 0.15) is 62.1 Å². The second kappa shape index (κ2) is 7.77. The first-order valence-electron chi connectivity index (χ1n) is 9.22. The fraction of sp³-hybridized carbons (Fsp3) is 0.833. The highest BCUT2D eigenvalue weighted by Gasteiger charge is 2.38. The number of likely N-dealkylation sites (N-methyl/N-ethyl adjacent to an activating group) is 2. The van der Waals surface area contributed by atoms with Crippen molar-refractivity contribution in [2.45, 2.75) is 63.0 Å². The van der Waals surface area contributed by atoms with Crippen molar-refractivity contribution in [2.75, 3.05) is 33.8 Å². The fourth-order valence-corrected chi connectivity index (χ4v) is 4.20. The molecule has 2 heterocycles. The van der Waals surface area contributed by atoms with Crippen LogP contribution in [0.5, 0.6) is 0 Å². The fourth-order valence-electron chi connectivity index (χ4n) is 4.20. The third-order valence-electron chi connectivity index (χ3n) is 5.66. The van der Waals surface area contributed by atoms with Crippen molar-refractivity contribution in [1.29, 1.82) is 0 Å². The second-order valence-electron chi connectivity index (χ2n) is 7.40. The van der Waals surface area contributed by atoms with Crippen LogP contribution in [0.2, 0.25) is 0 Å². The quantitative estimate of drug-likeness (QED) is 0.846. The zero-order chi connectivity index (χ0) is 16.1. The molecule has 2 N–H and O–H groups in total. The Labute approximate surface area is 140 Å². The number of hydrogen-bond donors (Lipinski definition) is 2. The van der Waals surface area contributed by atoms with Gasteiger partial charge >= 0.3 is 0 Å². The summed E-state index contributed by atoms with van der Waals surface area (Å²) in [5.41, 5.74) is 2.87. The standard InChI is InChI=1S/C18H32N4O/c1-19-10-11-22(2)14-16-13-20-21-17(16)15-5-8-18(9-6-15)7-3-4-12-23-18/h13,15,19H,3-12,14H2,1-2H3,(H,20,21)/t15-,18+. The molecule has 5 heteroatoms. The van der Waals surface area contributed by atoms with Gasteiger partial charge in [0.05, 0.1) is 11.3 Å². The van der Waals surface area contributed by atoms with E-state index in [1.165, 1.54) is 56.2 Å². The summed E-state index contributed by atoms with van der Waals surface area (Å²) in [7, 11) is 4.18. The van der Waals surface area contributed by atoms with E-state index in [0.29, 0.717) is 5.92 Å². The highest BCUT2D eigenvalue weighted by atomic mass is 16.5. The predicted octanol–water partition coefficient (Wildman–Crippen LogP) is 2.66. The Bertz CT molecular complexity index is 471. The van der Waals surface area contributed by atoms with Crippen LogP contribution < -0.4 is 5.32 Å². The van der Waals surface area contributed by atoms with E-state index in [1.54, 1.807) is 0 Å². The Hall–Kier alpha value is -0.910. The van der Waals surface area contributed by atoms with Gasteiger partial charge in [-0.15, -0.1) is 0 Å². The predicted molar refractivity (Wildman–Crippen MR) is 92.6 cm³/mol. The highest BCUT2D eigenvalue weighted by Crippen LogP contribution is 2.44. The minimum atomic E-state index is 0.203. The van der Waals surface area contributed by atoms with Crippen molar-refractivity contribution < 1.29 is 4.74 Å². The van der Waals surface area contributed by atoms with Crippen molar-refractivity contribution in [3.63, 3.8) is 0 Å². The minimum Gasteiger partial charge on any atom is -0.375 e. The lowest BCUT2D eigenvalue weighted by Crippen LogP contribution is -2.39. The first-order chi connectivity index (χ1) is 11.2. The van der Waals surface area contributed by atoms with E-state index in [1.807, 2.05) is 7.05 Å².